The average molecular weight is 330 g/mol. The van der Waals surface area contributed by atoms with Crippen LogP contribution < -0.4 is 10.6 Å². The fourth-order valence-corrected chi connectivity index (χ4v) is 3.36. The number of thioether (sulfide) groups is 1. The van der Waals surface area contributed by atoms with E-state index < -0.39 is 5.25 Å². The molecule has 6 nitrogen and oxygen atoms in total. The molecule has 1 fully saturated rings. The van der Waals surface area contributed by atoms with E-state index in [9.17, 15) is 14.4 Å². The van der Waals surface area contributed by atoms with Gasteiger partial charge in [-0.3, -0.25) is 19.7 Å². The summed E-state index contributed by atoms with van der Waals surface area (Å²) < 4.78 is 5.17. The van der Waals surface area contributed by atoms with Crippen molar-refractivity contribution in [1.29, 1.82) is 0 Å². The molecule has 3 amide bonds. The normalized spacial score (nSPS) is 17.1. The Labute approximate surface area is 136 Å². The maximum absolute atomic E-state index is 12.3. The molecule has 1 saturated heterocycles. The molecule has 7 heteroatoms. The molecule has 23 heavy (non-hydrogen) atoms. The maximum Gasteiger partial charge on any atom is 0.252 e. The monoisotopic (exact) mass is 330 g/mol. The van der Waals surface area contributed by atoms with Crippen LogP contribution in [0.25, 0.3) is 0 Å². The van der Waals surface area contributed by atoms with Crippen LogP contribution in [0.1, 0.15) is 22.5 Å². The Bertz CT molecular complexity index is 742. The average Bonchev–Trinajstić information content (AvgIpc) is 3.15. The van der Waals surface area contributed by atoms with Crippen molar-refractivity contribution in [1.82, 2.24) is 10.6 Å². The van der Waals surface area contributed by atoms with Gasteiger partial charge in [0.15, 0.2) is 0 Å². The van der Waals surface area contributed by atoms with Gasteiger partial charge in [-0.25, -0.2) is 0 Å². The molecule has 1 atom stereocenters. The Morgan fingerprint density at radius 2 is 2.09 bits per heavy atom. The van der Waals surface area contributed by atoms with Gasteiger partial charge in [-0.05, 0) is 24.3 Å². The van der Waals surface area contributed by atoms with Crippen LogP contribution in [0.5, 0.6) is 0 Å². The van der Waals surface area contributed by atoms with Crippen molar-refractivity contribution in [3.05, 3.63) is 54.0 Å². The maximum atomic E-state index is 12.3. The molecule has 118 valence electrons. The zero-order valence-electron chi connectivity index (χ0n) is 12.1. The highest BCUT2D eigenvalue weighted by Gasteiger charge is 2.32. The van der Waals surface area contributed by atoms with Crippen LogP contribution in [0.15, 0.2) is 52.0 Å². The van der Waals surface area contributed by atoms with E-state index in [4.69, 9.17) is 4.42 Å². The molecule has 0 radical (unpaired) electrons. The van der Waals surface area contributed by atoms with E-state index in [-0.39, 0.29) is 30.7 Å². The van der Waals surface area contributed by atoms with Crippen molar-refractivity contribution in [2.24, 2.45) is 0 Å². The molecule has 2 aromatic rings. The van der Waals surface area contributed by atoms with Gasteiger partial charge in [-0.1, -0.05) is 12.1 Å². The summed E-state index contributed by atoms with van der Waals surface area (Å²) in [6.07, 6.45) is 1.67. The minimum Gasteiger partial charge on any atom is -0.467 e. The van der Waals surface area contributed by atoms with Crippen molar-refractivity contribution < 1.29 is 18.8 Å². The number of hydrogen-bond donors (Lipinski definition) is 2. The van der Waals surface area contributed by atoms with Gasteiger partial charge in [-0.2, -0.15) is 0 Å². The van der Waals surface area contributed by atoms with Crippen LogP contribution >= 0.6 is 11.8 Å². The zero-order chi connectivity index (χ0) is 16.2. The summed E-state index contributed by atoms with van der Waals surface area (Å²) in [5.41, 5.74) is 0.469. The summed E-state index contributed by atoms with van der Waals surface area (Å²) in [7, 11) is 0. The van der Waals surface area contributed by atoms with Crippen LogP contribution in [0.3, 0.4) is 0 Å². The van der Waals surface area contributed by atoms with E-state index in [1.807, 2.05) is 0 Å². The van der Waals surface area contributed by atoms with Gasteiger partial charge in [0.2, 0.25) is 11.8 Å². The van der Waals surface area contributed by atoms with Gasteiger partial charge in [-0.15, -0.1) is 11.8 Å². The summed E-state index contributed by atoms with van der Waals surface area (Å²) in [6.45, 7) is 0.285. The van der Waals surface area contributed by atoms with E-state index in [0.29, 0.717) is 16.2 Å². The lowest BCUT2D eigenvalue weighted by atomic mass is 10.2. The van der Waals surface area contributed by atoms with Crippen molar-refractivity contribution in [2.75, 3.05) is 0 Å². The fourth-order valence-electron chi connectivity index (χ4n) is 2.21. The predicted molar refractivity (Wildman–Crippen MR) is 83.7 cm³/mol. The van der Waals surface area contributed by atoms with E-state index in [1.165, 1.54) is 11.8 Å². The molecule has 1 aromatic heterocycles. The van der Waals surface area contributed by atoms with E-state index >= 15 is 0 Å². The van der Waals surface area contributed by atoms with Gasteiger partial charge >= 0.3 is 0 Å². The van der Waals surface area contributed by atoms with E-state index in [1.54, 1.807) is 42.7 Å². The second-order valence-electron chi connectivity index (χ2n) is 4.98. The minimum absolute atomic E-state index is 0.131. The quantitative estimate of drug-likeness (QED) is 0.815. The molecule has 0 spiro atoms. The summed E-state index contributed by atoms with van der Waals surface area (Å²) in [5.74, 6) is -0.198. The number of imide groups is 1. The molecular weight excluding hydrogens is 316 g/mol. The molecule has 2 heterocycles. The van der Waals surface area contributed by atoms with Crippen molar-refractivity contribution in [3.8, 4) is 0 Å². The molecule has 0 aliphatic carbocycles. The molecule has 2 N–H and O–H groups in total. The molecule has 3 rings (SSSR count). The Morgan fingerprint density at radius 1 is 1.26 bits per heavy atom. The second-order valence-corrected chi connectivity index (χ2v) is 6.23. The van der Waals surface area contributed by atoms with Crippen molar-refractivity contribution in [3.63, 3.8) is 0 Å². The summed E-state index contributed by atoms with van der Waals surface area (Å²) in [5, 5.41) is 4.54. The molecule has 1 unspecified atom stereocenters. The van der Waals surface area contributed by atoms with Crippen LogP contribution in [0.2, 0.25) is 0 Å². The first-order chi connectivity index (χ1) is 11.1. The van der Waals surface area contributed by atoms with Crippen molar-refractivity contribution >= 4 is 29.5 Å². The van der Waals surface area contributed by atoms with Crippen LogP contribution in [0, 0.1) is 0 Å². The Kier molecular flexibility index (Phi) is 4.47. The highest BCUT2D eigenvalue weighted by atomic mass is 32.2. The van der Waals surface area contributed by atoms with Crippen molar-refractivity contribution in [2.45, 2.75) is 23.1 Å². The molecular formula is C16H14N2O4S. The highest BCUT2D eigenvalue weighted by Crippen LogP contribution is 2.30. The highest BCUT2D eigenvalue weighted by molar-refractivity contribution is 8.00. The summed E-state index contributed by atoms with van der Waals surface area (Å²) in [4.78, 5) is 36.0. The first-order valence-electron chi connectivity index (χ1n) is 7.03. The fraction of sp³-hybridized carbons (Fsp3) is 0.188. The number of carbonyl (C=O) groups excluding carboxylic acids is 3. The van der Waals surface area contributed by atoms with Gasteiger partial charge < -0.3 is 9.73 Å². The van der Waals surface area contributed by atoms with Gasteiger partial charge in [0.1, 0.15) is 5.76 Å². The first kappa shape index (κ1) is 15.4. The molecule has 0 bridgehead atoms. The lowest BCUT2D eigenvalue weighted by molar-refractivity contribution is -0.124. The van der Waals surface area contributed by atoms with Crippen LogP contribution in [0.4, 0.5) is 0 Å². The van der Waals surface area contributed by atoms with Gasteiger partial charge in [0.25, 0.3) is 5.91 Å². The number of nitrogens with one attached hydrogen (secondary N) is 2. The van der Waals surface area contributed by atoms with Crippen LogP contribution in [-0.4, -0.2) is 23.0 Å². The number of hydrogen-bond acceptors (Lipinski definition) is 5. The summed E-state index contributed by atoms with van der Waals surface area (Å²) in [6, 6.07) is 10.5. The van der Waals surface area contributed by atoms with E-state index in [0.717, 1.165) is 0 Å². The molecule has 1 aromatic carbocycles. The second kappa shape index (κ2) is 6.70. The lowest BCUT2D eigenvalue weighted by Gasteiger charge is -2.11. The Morgan fingerprint density at radius 3 is 2.78 bits per heavy atom. The molecule has 0 saturated carbocycles. The third-order valence-electron chi connectivity index (χ3n) is 3.33. The Hall–Kier alpha value is -2.54. The minimum atomic E-state index is -0.499. The third-order valence-corrected chi connectivity index (χ3v) is 4.61. The smallest absolute Gasteiger partial charge is 0.252 e. The lowest BCUT2D eigenvalue weighted by Crippen LogP contribution is -2.24. The van der Waals surface area contributed by atoms with Gasteiger partial charge in [0.05, 0.1) is 23.6 Å². The first-order valence-corrected chi connectivity index (χ1v) is 7.91. The Balaban J connectivity index is 1.71. The number of rotatable bonds is 5. The SMILES string of the molecule is O=C1CC(Sc2ccccc2C(=O)NCc2ccco2)C(=O)N1. The van der Waals surface area contributed by atoms with E-state index in [2.05, 4.69) is 10.6 Å². The number of benzene rings is 1. The zero-order valence-corrected chi connectivity index (χ0v) is 12.9. The number of carbonyl (C=O) groups is 3. The summed E-state index contributed by atoms with van der Waals surface area (Å²) >= 11 is 1.22. The topological polar surface area (TPSA) is 88.4 Å². The molecule has 1 aliphatic heterocycles. The van der Waals surface area contributed by atoms with Gasteiger partial charge in [0, 0.05) is 11.3 Å². The predicted octanol–water partition coefficient (Wildman–Crippen LogP) is 1.72. The number of amides is 3. The number of furan rings is 1. The van der Waals surface area contributed by atoms with Crippen LogP contribution in [-0.2, 0) is 16.1 Å². The standard InChI is InChI=1S/C16H14N2O4S/c19-14-8-13(16(21)18-14)23-12-6-2-1-5-11(12)15(20)17-9-10-4-3-7-22-10/h1-7,13H,8-9H2,(H,17,20)(H,18,19,21). The third kappa shape index (κ3) is 3.62. The largest absolute Gasteiger partial charge is 0.467 e. The molecule has 1 aliphatic rings.